The van der Waals surface area contributed by atoms with Gasteiger partial charge in [0, 0.05) is 6.07 Å². The van der Waals surface area contributed by atoms with E-state index in [9.17, 15) is 9.59 Å². The molecule has 1 aromatic heterocycles. The molecule has 126 valence electrons. The van der Waals surface area contributed by atoms with Gasteiger partial charge in [0.25, 0.3) is 0 Å². The lowest BCUT2D eigenvalue weighted by atomic mass is 10.2. The van der Waals surface area contributed by atoms with Crippen molar-refractivity contribution in [1.29, 1.82) is 0 Å². The van der Waals surface area contributed by atoms with Crippen LogP contribution < -0.4 is 14.2 Å². The van der Waals surface area contributed by atoms with Crippen molar-refractivity contribution < 1.29 is 28.2 Å². The van der Waals surface area contributed by atoms with Crippen LogP contribution in [0.5, 0.6) is 17.2 Å². The fraction of sp³-hybridized carbons (Fsp3) is 0.0526. The summed E-state index contributed by atoms with van der Waals surface area (Å²) in [6.07, 6.45) is 1.38. The quantitative estimate of drug-likeness (QED) is 0.521. The summed E-state index contributed by atoms with van der Waals surface area (Å²) >= 11 is 0. The zero-order valence-electron chi connectivity index (χ0n) is 13.3. The van der Waals surface area contributed by atoms with Crippen LogP contribution in [0.2, 0.25) is 0 Å². The van der Waals surface area contributed by atoms with Gasteiger partial charge in [0.2, 0.25) is 5.76 Å². The number of hydrogen-bond acceptors (Lipinski definition) is 6. The molecule has 0 amide bonds. The molecule has 0 N–H and O–H groups in total. The number of benzene rings is 2. The number of carbonyl (C=O) groups is 2. The van der Waals surface area contributed by atoms with E-state index in [1.54, 1.807) is 48.5 Å². The van der Waals surface area contributed by atoms with E-state index in [2.05, 4.69) is 0 Å². The Labute approximate surface area is 143 Å². The van der Waals surface area contributed by atoms with Crippen molar-refractivity contribution in [3.8, 4) is 17.2 Å². The van der Waals surface area contributed by atoms with Gasteiger partial charge < -0.3 is 18.6 Å². The number of carbonyl (C=O) groups excluding carboxylic acids is 2. The lowest BCUT2D eigenvalue weighted by Crippen LogP contribution is -2.11. The van der Waals surface area contributed by atoms with Gasteiger partial charge in [-0.05, 0) is 36.4 Å². The zero-order valence-corrected chi connectivity index (χ0v) is 13.3. The van der Waals surface area contributed by atoms with Crippen LogP contribution >= 0.6 is 0 Å². The van der Waals surface area contributed by atoms with Crippen LogP contribution in [0.15, 0.2) is 71.3 Å². The number of methoxy groups -OCH3 is 1. The monoisotopic (exact) mass is 338 g/mol. The SMILES string of the molecule is COc1ccccc1C(=O)Oc1cccc(OC(=O)c2ccco2)c1. The molecule has 6 nitrogen and oxygen atoms in total. The van der Waals surface area contributed by atoms with Crippen LogP contribution in [0.3, 0.4) is 0 Å². The Hall–Kier alpha value is -3.54. The Morgan fingerprint density at radius 2 is 1.56 bits per heavy atom. The largest absolute Gasteiger partial charge is 0.496 e. The molecular formula is C19H14O6. The first-order valence-corrected chi connectivity index (χ1v) is 7.38. The highest BCUT2D eigenvalue weighted by molar-refractivity contribution is 5.94. The Morgan fingerprint density at radius 3 is 2.24 bits per heavy atom. The highest BCUT2D eigenvalue weighted by atomic mass is 16.6. The van der Waals surface area contributed by atoms with Gasteiger partial charge in [0.1, 0.15) is 22.8 Å². The van der Waals surface area contributed by atoms with Gasteiger partial charge in [0.15, 0.2) is 0 Å². The first-order valence-electron chi connectivity index (χ1n) is 7.38. The second-order valence-electron chi connectivity index (χ2n) is 4.93. The Morgan fingerprint density at radius 1 is 0.840 bits per heavy atom. The van der Waals surface area contributed by atoms with Gasteiger partial charge in [-0.15, -0.1) is 0 Å². The van der Waals surface area contributed by atoms with E-state index < -0.39 is 11.9 Å². The minimum atomic E-state index is -0.641. The molecule has 0 aliphatic rings. The summed E-state index contributed by atoms with van der Waals surface area (Å²) < 4.78 is 20.6. The molecule has 0 atom stereocenters. The highest BCUT2D eigenvalue weighted by Gasteiger charge is 2.15. The third-order valence-electron chi connectivity index (χ3n) is 3.28. The normalized spacial score (nSPS) is 10.1. The van der Waals surface area contributed by atoms with Crippen LogP contribution in [0.25, 0.3) is 0 Å². The lowest BCUT2D eigenvalue weighted by Gasteiger charge is -2.09. The molecule has 0 bridgehead atoms. The molecular weight excluding hydrogens is 324 g/mol. The molecule has 2 aromatic carbocycles. The van der Waals surface area contributed by atoms with E-state index in [-0.39, 0.29) is 17.3 Å². The van der Waals surface area contributed by atoms with Crippen LogP contribution in [0.4, 0.5) is 0 Å². The molecule has 0 saturated carbocycles. The first-order chi connectivity index (χ1) is 12.2. The van der Waals surface area contributed by atoms with Crippen molar-refractivity contribution in [2.45, 2.75) is 0 Å². The summed E-state index contributed by atoms with van der Waals surface area (Å²) in [5.74, 6) is -0.262. The maximum absolute atomic E-state index is 12.3. The van der Waals surface area contributed by atoms with Crippen LogP contribution in [-0.2, 0) is 0 Å². The van der Waals surface area contributed by atoms with Gasteiger partial charge in [-0.25, -0.2) is 9.59 Å². The Bertz CT molecular complexity index is 882. The predicted molar refractivity (Wildman–Crippen MR) is 88.1 cm³/mol. The molecule has 6 heteroatoms. The zero-order chi connectivity index (χ0) is 17.6. The standard InChI is InChI=1S/C19H14O6/c1-22-16-9-3-2-8-15(16)18(20)24-13-6-4-7-14(12-13)25-19(21)17-10-5-11-23-17/h2-12H,1H3. The van der Waals surface area contributed by atoms with Crippen molar-refractivity contribution in [3.63, 3.8) is 0 Å². The van der Waals surface area contributed by atoms with Crippen LogP contribution in [0.1, 0.15) is 20.9 Å². The molecule has 25 heavy (non-hydrogen) atoms. The number of furan rings is 1. The van der Waals surface area contributed by atoms with E-state index in [1.807, 2.05) is 0 Å². The third kappa shape index (κ3) is 3.87. The molecule has 0 spiro atoms. The van der Waals surface area contributed by atoms with E-state index in [1.165, 1.54) is 25.5 Å². The second kappa shape index (κ2) is 7.35. The van der Waals surface area contributed by atoms with Gasteiger partial charge in [0.05, 0.1) is 13.4 Å². The fourth-order valence-corrected chi connectivity index (χ4v) is 2.13. The molecule has 1 heterocycles. The van der Waals surface area contributed by atoms with E-state index in [0.29, 0.717) is 11.3 Å². The third-order valence-corrected chi connectivity index (χ3v) is 3.28. The summed E-state index contributed by atoms with van der Waals surface area (Å²) in [5.41, 5.74) is 0.294. The molecule has 0 unspecified atom stereocenters. The van der Waals surface area contributed by atoms with Gasteiger partial charge >= 0.3 is 11.9 Å². The van der Waals surface area contributed by atoms with Crippen LogP contribution in [-0.4, -0.2) is 19.0 Å². The highest BCUT2D eigenvalue weighted by Crippen LogP contribution is 2.24. The molecule has 0 aliphatic heterocycles. The Balaban J connectivity index is 1.73. The molecule has 3 aromatic rings. The van der Waals surface area contributed by atoms with Crippen molar-refractivity contribution in [3.05, 3.63) is 78.3 Å². The maximum atomic E-state index is 12.3. The van der Waals surface area contributed by atoms with Crippen LogP contribution in [0, 0.1) is 0 Å². The average Bonchev–Trinajstić information content (AvgIpc) is 3.17. The van der Waals surface area contributed by atoms with Crippen molar-refractivity contribution in [1.82, 2.24) is 0 Å². The van der Waals surface area contributed by atoms with E-state index in [4.69, 9.17) is 18.6 Å². The number of para-hydroxylation sites is 1. The van der Waals surface area contributed by atoms with E-state index in [0.717, 1.165) is 0 Å². The maximum Gasteiger partial charge on any atom is 0.379 e. The summed E-state index contributed by atoms with van der Waals surface area (Å²) in [6.45, 7) is 0. The predicted octanol–water partition coefficient (Wildman–Crippen LogP) is 3.73. The lowest BCUT2D eigenvalue weighted by molar-refractivity contribution is 0.0701. The topological polar surface area (TPSA) is 75.0 Å². The van der Waals surface area contributed by atoms with Crippen molar-refractivity contribution in [2.24, 2.45) is 0 Å². The molecule has 3 rings (SSSR count). The van der Waals surface area contributed by atoms with Crippen molar-refractivity contribution in [2.75, 3.05) is 7.11 Å². The van der Waals surface area contributed by atoms with Gasteiger partial charge in [-0.2, -0.15) is 0 Å². The summed E-state index contributed by atoms with van der Waals surface area (Å²) in [5, 5.41) is 0. The Kier molecular flexibility index (Phi) is 4.80. The van der Waals surface area contributed by atoms with Crippen molar-refractivity contribution >= 4 is 11.9 Å². The number of rotatable bonds is 5. The number of hydrogen-bond donors (Lipinski definition) is 0. The second-order valence-corrected chi connectivity index (χ2v) is 4.93. The summed E-state index contributed by atoms with van der Waals surface area (Å²) in [4.78, 5) is 24.2. The molecule has 0 radical (unpaired) electrons. The molecule has 0 saturated heterocycles. The van der Waals surface area contributed by atoms with E-state index >= 15 is 0 Å². The summed E-state index contributed by atoms with van der Waals surface area (Å²) in [7, 11) is 1.47. The summed E-state index contributed by atoms with van der Waals surface area (Å²) in [6, 6.07) is 16.0. The minimum Gasteiger partial charge on any atom is -0.496 e. The number of esters is 2. The molecule has 0 fully saturated rings. The smallest absolute Gasteiger partial charge is 0.379 e. The molecule has 0 aliphatic carbocycles. The van der Waals surface area contributed by atoms with Gasteiger partial charge in [-0.3, -0.25) is 0 Å². The fourth-order valence-electron chi connectivity index (χ4n) is 2.13. The number of ether oxygens (including phenoxy) is 3. The minimum absolute atomic E-state index is 0.0800. The van der Waals surface area contributed by atoms with Gasteiger partial charge in [-0.1, -0.05) is 18.2 Å². The first kappa shape index (κ1) is 16.3. The average molecular weight is 338 g/mol.